The number of halogens is 1. The monoisotopic (exact) mass is 291 g/mol. The second-order valence-electron chi connectivity index (χ2n) is 5.27. The van der Waals surface area contributed by atoms with Crippen molar-refractivity contribution in [1.82, 2.24) is 4.98 Å². The minimum absolute atomic E-state index is 0.00639. The van der Waals surface area contributed by atoms with E-state index in [4.69, 9.17) is 16.7 Å². The number of fused-ring (bicyclic) bond motifs is 1. The minimum atomic E-state index is -0.808. The van der Waals surface area contributed by atoms with E-state index < -0.39 is 11.9 Å². The summed E-state index contributed by atoms with van der Waals surface area (Å²) < 4.78 is 0. The van der Waals surface area contributed by atoms with Gasteiger partial charge in [0.1, 0.15) is 0 Å². The van der Waals surface area contributed by atoms with Crippen LogP contribution in [0.25, 0.3) is 10.9 Å². The first kappa shape index (κ1) is 13.2. The van der Waals surface area contributed by atoms with Crippen LogP contribution in [0, 0.1) is 11.8 Å². The standard InChI is InChI=1S/C15H14ClNO3/c16-11-2-1-3-12-13(11)10(7-17-12)14(18)8-4-5-9(6-8)15(19)20/h1-3,7-9,17H,4-6H2,(H,19,20). The van der Waals surface area contributed by atoms with E-state index in [9.17, 15) is 9.59 Å². The van der Waals surface area contributed by atoms with Gasteiger partial charge >= 0.3 is 5.97 Å². The van der Waals surface area contributed by atoms with Crippen molar-refractivity contribution in [2.45, 2.75) is 19.3 Å². The van der Waals surface area contributed by atoms with Crippen LogP contribution in [0.2, 0.25) is 5.02 Å². The van der Waals surface area contributed by atoms with Gasteiger partial charge in [0.15, 0.2) is 5.78 Å². The van der Waals surface area contributed by atoms with E-state index in [-0.39, 0.29) is 11.7 Å². The number of hydrogen-bond donors (Lipinski definition) is 2. The number of aromatic nitrogens is 1. The third-order valence-corrected chi connectivity index (χ3v) is 4.39. The molecule has 1 aliphatic carbocycles. The van der Waals surface area contributed by atoms with Crippen molar-refractivity contribution < 1.29 is 14.7 Å². The van der Waals surface area contributed by atoms with Crippen LogP contribution in [0.15, 0.2) is 24.4 Å². The molecule has 2 N–H and O–H groups in total. The van der Waals surface area contributed by atoms with Crippen LogP contribution in [-0.2, 0) is 4.79 Å². The maximum atomic E-state index is 12.6. The first-order valence-corrected chi connectivity index (χ1v) is 6.98. The van der Waals surface area contributed by atoms with Gasteiger partial charge in [0, 0.05) is 28.6 Å². The summed E-state index contributed by atoms with van der Waals surface area (Å²) in [7, 11) is 0. The smallest absolute Gasteiger partial charge is 0.306 e. The number of aromatic amines is 1. The van der Waals surface area contributed by atoms with Gasteiger partial charge in [-0.25, -0.2) is 0 Å². The molecule has 1 aliphatic rings. The Morgan fingerprint density at radius 2 is 2.00 bits per heavy atom. The molecule has 3 rings (SSSR count). The summed E-state index contributed by atoms with van der Waals surface area (Å²) in [5.74, 6) is -1.43. The maximum Gasteiger partial charge on any atom is 0.306 e. The molecule has 1 aromatic carbocycles. The van der Waals surface area contributed by atoms with E-state index in [1.165, 1.54) is 0 Å². The van der Waals surface area contributed by atoms with Crippen LogP contribution in [0.4, 0.5) is 0 Å². The molecule has 1 saturated carbocycles. The minimum Gasteiger partial charge on any atom is -0.481 e. The Morgan fingerprint density at radius 3 is 2.70 bits per heavy atom. The van der Waals surface area contributed by atoms with E-state index in [1.807, 2.05) is 12.1 Å². The predicted octanol–water partition coefficient (Wildman–Crippen LogP) is 3.50. The largest absolute Gasteiger partial charge is 0.481 e. The van der Waals surface area contributed by atoms with Gasteiger partial charge in [-0.2, -0.15) is 0 Å². The molecule has 0 saturated heterocycles. The number of rotatable bonds is 3. The number of carboxylic acids is 1. The summed E-state index contributed by atoms with van der Waals surface area (Å²) in [6.07, 6.45) is 3.30. The molecule has 0 spiro atoms. The van der Waals surface area contributed by atoms with E-state index in [1.54, 1.807) is 12.3 Å². The van der Waals surface area contributed by atoms with Gasteiger partial charge in [-0.15, -0.1) is 0 Å². The molecule has 0 bridgehead atoms. The summed E-state index contributed by atoms with van der Waals surface area (Å²) in [6.45, 7) is 0. The molecule has 0 aliphatic heterocycles. The number of ketones is 1. The number of hydrogen-bond acceptors (Lipinski definition) is 2. The average Bonchev–Trinajstić information content (AvgIpc) is 3.05. The Kier molecular flexibility index (Phi) is 3.26. The van der Waals surface area contributed by atoms with Gasteiger partial charge < -0.3 is 10.1 Å². The molecule has 5 heteroatoms. The Labute approximate surface area is 120 Å². The van der Waals surface area contributed by atoms with Crippen molar-refractivity contribution in [1.29, 1.82) is 0 Å². The SMILES string of the molecule is O=C(O)C1CCC(C(=O)c2c[nH]c3cccc(Cl)c23)C1. The molecular formula is C15H14ClNO3. The van der Waals surface area contributed by atoms with Crippen LogP contribution in [0.1, 0.15) is 29.6 Å². The number of aliphatic carboxylic acids is 1. The van der Waals surface area contributed by atoms with Crippen molar-refractivity contribution in [3.63, 3.8) is 0 Å². The number of nitrogens with one attached hydrogen (secondary N) is 1. The van der Waals surface area contributed by atoms with Gasteiger partial charge in [0.25, 0.3) is 0 Å². The highest BCUT2D eigenvalue weighted by Gasteiger charge is 2.35. The zero-order chi connectivity index (χ0) is 14.3. The molecule has 20 heavy (non-hydrogen) atoms. The normalized spacial score (nSPS) is 22.2. The van der Waals surface area contributed by atoms with Gasteiger partial charge in [-0.3, -0.25) is 9.59 Å². The van der Waals surface area contributed by atoms with Crippen molar-refractivity contribution in [3.05, 3.63) is 35.0 Å². The zero-order valence-electron chi connectivity index (χ0n) is 10.7. The van der Waals surface area contributed by atoms with Gasteiger partial charge in [-0.05, 0) is 31.4 Å². The molecule has 2 unspecified atom stereocenters. The third-order valence-electron chi connectivity index (χ3n) is 4.07. The summed E-state index contributed by atoms with van der Waals surface area (Å²) in [5, 5.41) is 10.3. The lowest BCUT2D eigenvalue weighted by Gasteiger charge is -2.08. The second kappa shape index (κ2) is 4.94. The topological polar surface area (TPSA) is 70.2 Å². The van der Waals surface area contributed by atoms with Crippen molar-refractivity contribution in [2.75, 3.05) is 0 Å². The molecular weight excluding hydrogens is 278 g/mol. The first-order chi connectivity index (χ1) is 9.58. The Hall–Kier alpha value is -1.81. The van der Waals surface area contributed by atoms with Crippen LogP contribution in [-0.4, -0.2) is 21.8 Å². The van der Waals surface area contributed by atoms with E-state index >= 15 is 0 Å². The third kappa shape index (κ3) is 2.10. The number of carbonyl (C=O) groups excluding carboxylic acids is 1. The number of benzene rings is 1. The predicted molar refractivity (Wildman–Crippen MR) is 76.1 cm³/mol. The van der Waals surface area contributed by atoms with E-state index in [0.717, 1.165) is 10.9 Å². The highest BCUT2D eigenvalue weighted by molar-refractivity contribution is 6.37. The van der Waals surface area contributed by atoms with Crippen LogP contribution in [0.3, 0.4) is 0 Å². The number of carbonyl (C=O) groups is 2. The van der Waals surface area contributed by atoms with Crippen molar-refractivity contribution >= 4 is 34.3 Å². The highest BCUT2D eigenvalue weighted by atomic mass is 35.5. The Bertz CT molecular complexity index is 691. The molecule has 1 fully saturated rings. The van der Waals surface area contributed by atoms with E-state index in [2.05, 4.69) is 4.98 Å². The summed E-state index contributed by atoms with van der Waals surface area (Å²) in [6, 6.07) is 5.45. The molecule has 0 amide bonds. The average molecular weight is 292 g/mol. The fraction of sp³-hybridized carbons (Fsp3) is 0.333. The number of Topliss-reactive ketones (excluding diaryl/α,β-unsaturated/α-hetero) is 1. The van der Waals surface area contributed by atoms with Crippen molar-refractivity contribution in [3.8, 4) is 0 Å². The van der Waals surface area contributed by atoms with Crippen LogP contribution < -0.4 is 0 Å². The van der Waals surface area contributed by atoms with Gasteiger partial charge in [0.05, 0.1) is 10.9 Å². The first-order valence-electron chi connectivity index (χ1n) is 6.60. The maximum absolute atomic E-state index is 12.6. The Morgan fingerprint density at radius 1 is 1.25 bits per heavy atom. The summed E-state index contributed by atoms with van der Waals surface area (Å²) >= 11 is 6.17. The molecule has 2 atom stereocenters. The number of carboxylic acid groups (broad SMARTS) is 1. The fourth-order valence-corrected chi connectivity index (χ4v) is 3.27. The quantitative estimate of drug-likeness (QED) is 0.850. The molecule has 0 radical (unpaired) electrons. The lowest BCUT2D eigenvalue weighted by Crippen LogP contribution is -2.14. The zero-order valence-corrected chi connectivity index (χ0v) is 11.5. The van der Waals surface area contributed by atoms with Crippen LogP contribution in [0.5, 0.6) is 0 Å². The molecule has 4 nitrogen and oxygen atoms in total. The number of H-pyrrole nitrogens is 1. The summed E-state index contributed by atoms with van der Waals surface area (Å²) in [5.41, 5.74) is 1.40. The van der Waals surface area contributed by atoms with Gasteiger partial charge in [-0.1, -0.05) is 17.7 Å². The lowest BCUT2D eigenvalue weighted by molar-refractivity contribution is -0.141. The molecule has 104 valence electrons. The molecule has 1 heterocycles. The summed E-state index contributed by atoms with van der Waals surface area (Å²) in [4.78, 5) is 26.6. The van der Waals surface area contributed by atoms with Gasteiger partial charge in [0.2, 0.25) is 0 Å². The van der Waals surface area contributed by atoms with Crippen LogP contribution >= 0.6 is 11.6 Å². The fourth-order valence-electron chi connectivity index (χ4n) is 3.00. The second-order valence-corrected chi connectivity index (χ2v) is 5.68. The lowest BCUT2D eigenvalue weighted by atomic mass is 9.95. The van der Waals surface area contributed by atoms with E-state index in [0.29, 0.717) is 29.8 Å². The Balaban J connectivity index is 1.92. The van der Waals surface area contributed by atoms with Crippen molar-refractivity contribution in [2.24, 2.45) is 11.8 Å². The molecule has 1 aromatic heterocycles. The molecule has 2 aromatic rings. The highest BCUT2D eigenvalue weighted by Crippen LogP contribution is 2.36.